The Morgan fingerprint density at radius 1 is 1.21 bits per heavy atom. The molecule has 4 atom stereocenters. The van der Waals surface area contributed by atoms with Crippen molar-refractivity contribution in [2.24, 2.45) is 11.3 Å². The summed E-state index contributed by atoms with van der Waals surface area (Å²) in [7, 11) is 1.30. The topological polar surface area (TPSA) is 98.2 Å². The third-order valence-corrected chi connectivity index (χ3v) is 8.45. The molecule has 1 fully saturated rings. The number of aromatic nitrogens is 1. The summed E-state index contributed by atoms with van der Waals surface area (Å²) in [6.07, 6.45) is -1.81. The maximum Gasteiger partial charge on any atom is 0.417 e. The van der Waals surface area contributed by atoms with Crippen molar-refractivity contribution in [2.75, 3.05) is 13.7 Å². The third kappa shape index (κ3) is 5.96. The Hall–Kier alpha value is -3.60. The van der Waals surface area contributed by atoms with E-state index in [-0.39, 0.29) is 30.2 Å². The number of benzene rings is 1. The third-order valence-electron chi connectivity index (χ3n) is 8.45. The highest BCUT2D eigenvalue weighted by molar-refractivity contribution is 5.97. The number of alkyl halides is 3. The van der Waals surface area contributed by atoms with Gasteiger partial charge >= 0.3 is 12.1 Å². The van der Waals surface area contributed by atoms with Gasteiger partial charge in [0.15, 0.2) is 5.76 Å². The minimum absolute atomic E-state index is 0.0422. The van der Waals surface area contributed by atoms with Crippen LogP contribution in [-0.4, -0.2) is 52.2 Å². The molecule has 8 nitrogen and oxygen atoms in total. The van der Waals surface area contributed by atoms with E-state index in [0.717, 1.165) is 18.1 Å². The lowest BCUT2D eigenvalue weighted by Crippen LogP contribution is -2.59. The first-order valence-corrected chi connectivity index (χ1v) is 14.4. The molecule has 0 aliphatic carbocycles. The average Bonchev–Trinajstić information content (AvgIpc) is 3.27. The van der Waals surface area contributed by atoms with E-state index < -0.39 is 52.6 Å². The van der Waals surface area contributed by atoms with Crippen LogP contribution in [0.15, 0.2) is 48.4 Å². The number of ether oxygens (including phenoxy) is 3. The van der Waals surface area contributed by atoms with E-state index in [4.69, 9.17) is 14.2 Å². The smallest absolute Gasteiger partial charge is 0.417 e. The maximum atomic E-state index is 14.4. The monoisotopic (exact) mass is 604 g/mol. The molecule has 1 saturated heterocycles. The lowest BCUT2D eigenvalue weighted by Gasteiger charge is -2.44. The highest BCUT2D eigenvalue weighted by Gasteiger charge is 2.68. The van der Waals surface area contributed by atoms with E-state index >= 15 is 0 Å². The normalized spacial score (nSPS) is 24.3. The Bertz CT molecular complexity index is 1390. The molecule has 1 aromatic heterocycles. The van der Waals surface area contributed by atoms with Crippen molar-refractivity contribution in [2.45, 2.75) is 84.3 Å². The quantitative estimate of drug-likeness (QED) is 0.369. The molecule has 1 amide bonds. The number of carbonyl (C=O) groups is 2. The Balaban J connectivity index is 1.94. The fraction of sp³-hybridized carbons (Fsp3) is 0.531. The van der Waals surface area contributed by atoms with Gasteiger partial charge in [-0.3, -0.25) is 4.79 Å². The number of hydrogen-bond donors (Lipinski definition) is 1. The van der Waals surface area contributed by atoms with Crippen molar-refractivity contribution in [1.82, 2.24) is 9.88 Å². The summed E-state index contributed by atoms with van der Waals surface area (Å²) in [5.74, 6) is -2.50. The SMILES string of the molecule is CC[C@@]1(C(=O)O)[C@@H](C(C)(C)C)[C@H](OCc2cc(C(F)(F)F)cnc2OC)[C@H](c2ccccc2C)N1C(=O)C1=CCCCO1. The molecule has 2 aliphatic heterocycles. The van der Waals surface area contributed by atoms with E-state index in [0.29, 0.717) is 24.8 Å². The first-order valence-electron chi connectivity index (χ1n) is 14.4. The van der Waals surface area contributed by atoms with Gasteiger partial charge in [0.2, 0.25) is 5.88 Å². The van der Waals surface area contributed by atoms with Crippen LogP contribution in [0.1, 0.15) is 75.3 Å². The number of aryl methyl sites for hydroxylation is 1. The molecule has 0 saturated carbocycles. The number of rotatable bonds is 8. The fourth-order valence-corrected chi connectivity index (χ4v) is 6.67. The molecule has 0 spiro atoms. The second kappa shape index (κ2) is 12.2. The van der Waals surface area contributed by atoms with E-state index in [9.17, 15) is 27.9 Å². The molecule has 0 radical (unpaired) electrons. The van der Waals surface area contributed by atoms with Crippen LogP contribution in [0.4, 0.5) is 13.2 Å². The molecular weight excluding hydrogens is 565 g/mol. The van der Waals surface area contributed by atoms with Gasteiger partial charge in [-0.05, 0) is 54.9 Å². The minimum Gasteiger partial charge on any atom is -0.488 e. The zero-order valence-electron chi connectivity index (χ0n) is 25.3. The van der Waals surface area contributed by atoms with Gasteiger partial charge in [-0.25, -0.2) is 9.78 Å². The van der Waals surface area contributed by atoms with Gasteiger partial charge in [0.25, 0.3) is 5.91 Å². The number of hydrogen-bond acceptors (Lipinski definition) is 6. The molecule has 43 heavy (non-hydrogen) atoms. The van der Waals surface area contributed by atoms with Crippen LogP contribution < -0.4 is 4.74 Å². The van der Waals surface area contributed by atoms with Gasteiger partial charge in [-0.2, -0.15) is 13.2 Å². The number of aliphatic carboxylic acids is 1. The van der Waals surface area contributed by atoms with Crippen molar-refractivity contribution in [1.29, 1.82) is 0 Å². The van der Waals surface area contributed by atoms with Crippen molar-refractivity contribution >= 4 is 11.9 Å². The van der Waals surface area contributed by atoms with E-state index in [1.165, 1.54) is 12.0 Å². The van der Waals surface area contributed by atoms with Gasteiger partial charge in [-0.1, -0.05) is 52.0 Å². The first kappa shape index (κ1) is 32.3. The van der Waals surface area contributed by atoms with Crippen LogP contribution >= 0.6 is 0 Å². The molecule has 1 aromatic carbocycles. The van der Waals surface area contributed by atoms with Gasteiger partial charge in [-0.15, -0.1) is 0 Å². The number of halogens is 3. The average molecular weight is 605 g/mol. The number of carboxylic acids is 1. The van der Waals surface area contributed by atoms with Crippen molar-refractivity contribution in [3.8, 4) is 5.88 Å². The van der Waals surface area contributed by atoms with E-state index in [2.05, 4.69) is 4.98 Å². The second-order valence-electron chi connectivity index (χ2n) is 12.1. The lowest BCUT2D eigenvalue weighted by molar-refractivity contribution is -0.164. The zero-order valence-corrected chi connectivity index (χ0v) is 25.3. The van der Waals surface area contributed by atoms with Gasteiger partial charge in [0, 0.05) is 17.7 Å². The number of methoxy groups -OCH3 is 1. The molecule has 3 heterocycles. The summed E-state index contributed by atoms with van der Waals surface area (Å²) in [6, 6.07) is 7.36. The van der Waals surface area contributed by atoms with Crippen LogP contribution in [-0.2, 0) is 31.8 Å². The summed E-state index contributed by atoms with van der Waals surface area (Å²) in [5.41, 5.74) is -1.89. The van der Waals surface area contributed by atoms with E-state index in [1.54, 1.807) is 19.1 Å². The van der Waals surface area contributed by atoms with Crippen LogP contribution in [0.25, 0.3) is 0 Å². The molecule has 234 valence electrons. The van der Waals surface area contributed by atoms with Gasteiger partial charge < -0.3 is 24.2 Å². The maximum absolute atomic E-state index is 14.4. The number of nitrogens with zero attached hydrogens (tertiary/aromatic N) is 2. The molecule has 0 unspecified atom stereocenters. The zero-order chi connectivity index (χ0) is 31.7. The number of amides is 1. The highest BCUT2D eigenvalue weighted by atomic mass is 19.4. The summed E-state index contributed by atoms with van der Waals surface area (Å²) in [6.45, 7) is 9.20. The fourth-order valence-electron chi connectivity index (χ4n) is 6.67. The predicted octanol–water partition coefficient (Wildman–Crippen LogP) is 6.48. The number of pyridine rings is 1. The van der Waals surface area contributed by atoms with Gasteiger partial charge in [0.05, 0.1) is 38.0 Å². The minimum atomic E-state index is -4.64. The lowest BCUT2D eigenvalue weighted by atomic mass is 9.66. The summed E-state index contributed by atoms with van der Waals surface area (Å²) < 4.78 is 58.3. The summed E-state index contributed by atoms with van der Waals surface area (Å²) >= 11 is 0. The molecule has 2 aromatic rings. The summed E-state index contributed by atoms with van der Waals surface area (Å²) in [5, 5.41) is 11.0. The summed E-state index contributed by atoms with van der Waals surface area (Å²) in [4.78, 5) is 33.1. The number of carboxylic acid groups (broad SMARTS) is 1. The number of allylic oxidation sites excluding steroid dienone is 1. The predicted molar refractivity (Wildman–Crippen MR) is 152 cm³/mol. The van der Waals surface area contributed by atoms with Crippen LogP contribution in [0.5, 0.6) is 5.88 Å². The molecule has 0 bridgehead atoms. The standard InChI is InChI=1S/C32H39F3N2O6/c1-7-31(29(39)40)26(30(3,4)5)25(43-18-20-16-21(32(33,34)35)17-36-27(20)41-6)24(22-13-9-8-12-19(22)2)37(31)28(38)23-14-10-11-15-42-23/h8-9,12-14,16-17,24-26H,7,10-11,15,18H2,1-6H3,(H,39,40)/t24-,25+,26+,31-/m0/s1. The second-order valence-corrected chi connectivity index (χ2v) is 12.1. The molecule has 1 N–H and O–H groups in total. The number of likely N-dealkylation sites (tertiary alicyclic amines) is 1. The first-order chi connectivity index (χ1) is 20.2. The Labute approximate surface area is 249 Å². The van der Waals surface area contributed by atoms with Crippen molar-refractivity contribution in [3.05, 3.63) is 70.6 Å². The van der Waals surface area contributed by atoms with Crippen molar-refractivity contribution < 1.29 is 42.1 Å². The Morgan fingerprint density at radius 2 is 1.91 bits per heavy atom. The molecular formula is C32H39F3N2O6. The Morgan fingerprint density at radius 3 is 2.44 bits per heavy atom. The van der Waals surface area contributed by atoms with Crippen molar-refractivity contribution in [3.63, 3.8) is 0 Å². The number of carbonyl (C=O) groups excluding carboxylic acids is 1. The largest absolute Gasteiger partial charge is 0.488 e. The van der Waals surface area contributed by atoms with Crippen LogP contribution in [0, 0.1) is 18.3 Å². The molecule has 4 rings (SSSR count). The van der Waals surface area contributed by atoms with Crippen LogP contribution in [0.2, 0.25) is 0 Å². The molecule has 2 aliphatic rings. The Kier molecular flexibility index (Phi) is 9.16. The van der Waals surface area contributed by atoms with E-state index in [1.807, 2.05) is 45.9 Å². The van der Waals surface area contributed by atoms with Crippen LogP contribution in [0.3, 0.4) is 0 Å². The highest BCUT2D eigenvalue weighted by Crippen LogP contribution is 2.57. The van der Waals surface area contributed by atoms with Gasteiger partial charge in [0.1, 0.15) is 5.54 Å². The molecule has 11 heteroatoms.